The van der Waals surface area contributed by atoms with Gasteiger partial charge in [0.1, 0.15) is 0 Å². The van der Waals surface area contributed by atoms with Gasteiger partial charge in [-0.25, -0.2) is 0 Å². The molecule has 2 aromatic rings. The molecule has 1 amide bonds. The van der Waals surface area contributed by atoms with Crippen molar-refractivity contribution in [3.63, 3.8) is 0 Å². The number of carbonyl (C=O) groups excluding carboxylic acids is 1. The van der Waals surface area contributed by atoms with Gasteiger partial charge in [0.05, 0.1) is 18.9 Å². The molecular formula is C13H14N2O2. The van der Waals surface area contributed by atoms with E-state index >= 15 is 0 Å². The van der Waals surface area contributed by atoms with Gasteiger partial charge in [-0.1, -0.05) is 12.1 Å². The first-order chi connectivity index (χ1) is 8.24. The highest BCUT2D eigenvalue weighted by Crippen LogP contribution is 2.07. The van der Waals surface area contributed by atoms with Crippen LogP contribution in [0.4, 0.5) is 5.69 Å². The fourth-order valence-corrected chi connectivity index (χ4v) is 1.54. The zero-order valence-corrected chi connectivity index (χ0v) is 9.35. The van der Waals surface area contributed by atoms with Crippen molar-refractivity contribution in [2.75, 3.05) is 5.73 Å². The molecule has 4 nitrogen and oxygen atoms in total. The van der Waals surface area contributed by atoms with E-state index in [2.05, 4.69) is 5.32 Å². The van der Waals surface area contributed by atoms with Crippen LogP contribution in [0.1, 0.15) is 11.1 Å². The molecule has 0 atom stereocenters. The van der Waals surface area contributed by atoms with Crippen LogP contribution in [-0.4, -0.2) is 5.91 Å². The first kappa shape index (κ1) is 11.3. The van der Waals surface area contributed by atoms with Crippen molar-refractivity contribution >= 4 is 11.6 Å². The third kappa shape index (κ3) is 3.38. The van der Waals surface area contributed by atoms with Crippen LogP contribution in [0.5, 0.6) is 0 Å². The molecule has 0 aliphatic heterocycles. The number of carbonyl (C=O) groups is 1. The van der Waals surface area contributed by atoms with Gasteiger partial charge < -0.3 is 15.5 Å². The van der Waals surface area contributed by atoms with E-state index in [1.165, 1.54) is 0 Å². The Kier molecular flexibility index (Phi) is 3.45. The minimum atomic E-state index is -0.0307. The van der Waals surface area contributed by atoms with Crippen LogP contribution in [0.3, 0.4) is 0 Å². The Morgan fingerprint density at radius 2 is 2.18 bits per heavy atom. The summed E-state index contributed by atoms with van der Waals surface area (Å²) in [7, 11) is 0. The Morgan fingerprint density at radius 3 is 2.88 bits per heavy atom. The number of nitrogen functional groups attached to an aromatic ring is 1. The zero-order valence-electron chi connectivity index (χ0n) is 9.35. The minimum Gasteiger partial charge on any atom is -0.472 e. The molecule has 0 unspecified atom stereocenters. The van der Waals surface area contributed by atoms with Crippen molar-refractivity contribution in [3.8, 4) is 0 Å². The summed E-state index contributed by atoms with van der Waals surface area (Å²) in [5.74, 6) is -0.0307. The van der Waals surface area contributed by atoms with E-state index in [1.54, 1.807) is 24.7 Å². The fraction of sp³-hybridized carbons (Fsp3) is 0.154. The number of hydrogen-bond donors (Lipinski definition) is 2. The fourth-order valence-electron chi connectivity index (χ4n) is 1.54. The van der Waals surface area contributed by atoms with Crippen molar-refractivity contribution < 1.29 is 9.21 Å². The average Bonchev–Trinajstić information content (AvgIpc) is 2.79. The molecular weight excluding hydrogens is 216 g/mol. The number of hydrogen-bond acceptors (Lipinski definition) is 3. The first-order valence-electron chi connectivity index (χ1n) is 5.36. The molecule has 17 heavy (non-hydrogen) atoms. The van der Waals surface area contributed by atoms with Crippen molar-refractivity contribution in [2.45, 2.75) is 13.0 Å². The lowest BCUT2D eigenvalue weighted by Gasteiger charge is -2.04. The van der Waals surface area contributed by atoms with Crippen LogP contribution in [0.25, 0.3) is 0 Å². The molecule has 88 valence electrons. The Bertz CT molecular complexity index is 492. The monoisotopic (exact) mass is 230 g/mol. The Hall–Kier alpha value is -2.23. The lowest BCUT2D eigenvalue weighted by Crippen LogP contribution is -2.24. The van der Waals surface area contributed by atoms with Crippen LogP contribution in [0, 0.1) is 0 Å². The summed E-state index contributed by atoms with van der Waals surface area (Å²) in [6.45, 7) is 0.484. The Morgan fingerprint density at radius 1 is 1.29 bits per heavy atom. The predicted octanol–water partition coefficient (Wildman–Crippen LogP) is 1.72. The molecule has 0 spiro atoms. The molecule has 0 aliphatic carbocycles. The maximum atomic E-state index is 11.6. The van der Waals surface area contributed by atoms with E-state index in [1.807, 2.05) is 18.2 Å². The van der Waals surface area contributed by atoms with Gasteiger partial charge in [0, 0.05) is 17.8 Å². The number of furan rings is 1. The van der Waals surface area contributed by atoms with Crippen molar-refractivity contribution in [2.24, 2.45) is 0 Å². The molecule has 1 aromatic carbocycles. The zero-order chi connectivity index (χ0) is 12.1. The molecule has 0 saturated heterocycles. The van der Waals surface area contributed by atoms with E-state index in [0.717, 1.165) is 11.1 Å². The van der Waals surface area contributed by atoms with Gasteiger partial charge in [-0.3, -0.25) is 4.79 Å². The second-order valence-electron chi connectivity index (χ2n) is 3.83. The molecule has 0 radical (unpaired) electrons. The molecule has 2 rings (SSSR count). The standard InChI is InChI=1S/C13H14N2O2/c14-12-3-1-2-10(6-12)7-13(16)15-8-11-4-5-17-9-11/h1-6,9H,7-8,14H2,(H,15,16). The van der Waals surface area contributed by atoms with Crippen molar-refractivity contribution in [1.29, 1.82) is 0 Å². The summed E-state index contributed by atoms with van der Waals surface area (Å²) in [5.41, 5.74) is 8.17. The topological polar surface area (TPSA) is 68.3 Å². The molecule has 0 bridgehead atoms. The summed E-state index contributed by atoms with van der Waals surface area (Å²) in [6.07, 6.45) is 3.53. The second kappa shape index (κ2) is 5.21. The third-order valence-corrected chi connectivity index (χ3v) is 2.39. The van der Waals surface area contributed by atoms with E-state index in [-0.39, 0.29) is 5.91 Å². The normalized spacial score (nSPS) is 10.1. The van der Waals surface area contributed by atoms with Crippen LogP contribution in [-0.2, 0) is 17.8 Å². The number of nitrogens with two attached hydrogens (primary N) is 1. The highest BCUT2D eigenvalue weighted by molar-refractivity contribution is 5.78. The quantitative estimate of drug-likeness (QED) is 0.786. The third-order valence-electron chi connectivity index (χ3n) is 2.39. The second-order valence-corrected chi connectivity index (χ2v) is 3.83. The van der Waals surface area contributed by atoms with Gasteiger partial charge in [0.2, 0.25) is 5.91 Å². The van der Waals surface area contributed by atoms with E-state index < -0.39 is 0 Å². The van der Waals surface area contributed by atoms with Crippen molar-refractivity contribution in [3.05, 3.63) is 54.0 Å². The summed E-state index contributed by atoms with van der Waals surface area (Å²) in [5, 5.41) is 2.81. The first-order valence-corrected chi connectivity index (χ1v) is 5.36. The maximum Gasteiger partial charge on any atom is 0.224 e. The molecule has 0 saturated carbocycles. The van der Waals surface area contributed by atoms with Gasteiger partial charge >= 0.3 is 0 Å². The molecule has 3 N–H and O–H groups in total. The number of benzene rings is 1. The van der Waals surface area contributed by atoms with Gasteiger partial charge in [0.25, 0.3) is 0 Å². The van der Waals surface area contributed by atoms with Crippen LogP contribution < -0.4 is 11.1 Å². The summed E-state index contributed by atoms with van der Waals surface area (Å²) >= 11 is 0. The Balaban J connectivity index is 1.85. The van der Waals surface area contributed by atoms with Crippen LogP contribution in [0.15, 0.2) is 47.3 Å². The maximum absolute atomic E-state index is 11.6. The SMILES string of the molecule is Nc1cccc(CC(=O)NCc2ccoc2)c1. The smallest absolute Gasteiger partial charge is 0.224 e. The molecule has 0 aliphatic rings. The van der Waals surface area contributed by atoms with Crippen molar-refractivity contribution in [1.82, 2.24) is 5.32 Å². The molecule has 1 heterocycles. The van der Waals surface area contributed by atoms with Crippen LogP contribution in [0.2, 0.25) is 0 Å². The Labute approximate surface area is 99.4 Å². The lowest BCUT2D eigenvalue weighted by molar-refractivity contribution is -0.120. The highest BCUT2D eigenvalue weighted by Gasteiger charge is 2.03. The van der Waals surface area contributed by atoms with E-state index in [4.69, 9.17) is 10.2 Å². The summed E-state index contributed by atoms with van der Waals surface area (Å²) in [6, 6.07) is 9.15. The number of nitrogens with one attached hydrogen (secondary N) is 1. The van der Waals surface area contributed by atoms with Gasteiger partial charge in [-0.05, 0) is 23.8 Å². The van der Waals surface area contributed by atoms with E-state index in [0.29, 0.717) is 18.7 Å². The summed E-state index contributed by atoms with van der Waals surface area (Å²) in [4.78, 5) is 11.6. The molecule has 0 fully saturated rings. The lowest BCUT2D eigenvalue weighted by atomic mass is 10.1. The molecule has 4 heteroatoms. The average molecular weight is 230 g/mol. The van der Waals surface area contributed by atoms with Gasteiger partial charge in [0.15, 0.2) is 0 Å². The summed E-state index contributed by atoms with van der Waals surface area (Å²) < 4.78 is 4.91. The molecule has 1 aromatic heterocycles. The number of anilines is 1. The van der Waals surface area contributed by atoms with Crippen LogP contribution >= 0.6 is 0 Å². The number of amides is 1. The minimum absolute atomic E-state index is 0.0307. The highest BCUT2D eigenvalue weighted by atomic mass is 16.3. The van der Waals surface area contributed by atoms with E-state index in [9.17, 15) is 4.79 Å². The van der Waals surface area contributed by atoms with Gasteiger partial charge in [-0.2, -0.15) is 0 Å². The number of rotatable bonds is 4. The largest absolute Gasteiger partial charge is 0.472 e. The van der Waals surface area contributed by atoms with Gasteiger partial charge in [-0.15, -0.1) is 0 Å². The predicted molar refractivity (Wildman–Crippen MR) is 65.1 cm³/mol.